The van der Waals surface area contributed by atoms with Gasteiger partial charge < -0.3 is 10.5 Å². The van der Waals surface area contributed by atoms with Crippen molar-refractivity contribution in [1.82, 2.24) is 0 Å². The van der Waals surface area contributed by atoms with Crippen LogP contribution in [0.25, 0.3) is 0 Å². The van der Waals surface area contributed by atoms with Crippen molar-refractivity contribution >= 4 is 43.1 Å². The Labute approximate surface area is 134 Å². The summed E-state index contributed by atoms with van der Waals surface area (Å²) in [5.41, 5.74) is 5.88. The van der Waals surface area contributed by atoms with Crippen molar-refractivity contribution in [3.05, 3.63) is 45.6 Å². The minimum Gasteiger partial charge on any atom is -0.454 e. The Balaban J connectivity index is 2.39. The van der Waals surface area contributed by atoms with Crippen molar-refractivity contribution in [2.24, 2.45) is 0 Å². The van der Waals surface area contributed by atoms with Crippen LogP contribution in [0.15, 0.2) is 39.7 Å². The first-order valence-corrected chi connectivity index (χ1v) is 8.66. The van der Waals surface area contributed by atoms with Gasteiger partial charge in [-0.25, -0.2) is 12.8 Å². The van der Waals surface area contributed by atoms with Crippen molar-refractivity contribution in [2.45, 2.75) is 4.90 Å². The van der Waals surface area contributed by atoms with Gasteiger partial charge in [0.1, 0.15) is 17.3 Å². The van der Waals surface area contributed by atoms with E-state index in [4.69, 9.17) is 22.1 Å². The molecule has 0 aliphatic heterocycles. The second kappa shape index (κ2) is 5.82. The maximum absolute atomic E-state index is 13.4. The van der Waals surface area contributed by atoms with E-state index in [0.717, 1.165) is 12.3 Å². The number of anilines is 1. The lowest BCUT2D eigenvalue weighted by Gasteiger charge is -2.11. The van der Waals surface area contributed by atoms with Gasteiger partial charge in [-0.15, -0.1) is 0 Å². The monoisotopic (exact) mass is 393 g/mol. The number of benzene rings is 2. The molecule has 21 heavy (non-hydrogen) atoms. The van der Waals surface area contributed by atoms with E-state index < -0.39 is 15.7 Å². The predicted molar refractivity (Wildman–Crippen MR) is 83.1 cm³/mol. The molecule has 0 aliphatic rings. The van der Waals surface area contributed by atoms with Gasteiger partial charge in [0, 0.05) is 12.3 Å². The van der Waals surface area contributed by atoms with Crippen LogP contribution in [-0.2, 0) is 9.84 Å². The highest BCUT2D eigenvalue weighted by atomic mass is 79.9. The molecule has 8 heteroatoms. The number of hydrogen-bond donors (Lipinski definition) is 1. The zero-order valence-corrected chi connectivity index (χ0v) is 13.9. The Hall–Kier alpha value is -1.31. The highest BCUT2D eigenvalue weighted by molar-refractivity contribution is 9.10. The molecule has 112 valence electrons. The third-order valence-corrected chi connectivity index (χ3v) is 4.62. The Morgan fingerprint density at radius 3 is 2.48 bits per heavy atom. The molecule has 0 spiro atoms. The number of nitrogen functional groups attached to an aromatic ring is 1. The third-order valence-electron chi connectivity index (χ3n) is 2.60. The molecule has 0 aromatic heterocycles. The molecular weight excluding hydrogens is 385 g/mol. The van der Waals surface area contributed by atoms with E-state index >= 15 is 0 Å². The van der Waals surface area contributed by atoms with Crippen LogP contribution >= 0.6 is 27.5 Å². The van der Waals surface area contributed by atoms with Crippen molar-refractivity contribution < 1.29 is 17.5 Å². The summed E-state index contributed by atoms with van der Waals surface area (Å²) in [6, 6.07) is 6.51. The Bertz CT molecular complexity index is 811. The number of ether oxygens (including phenoxy) is 1. The van der Waals surface area contributed by atoms with E-state index in [-0.39, 0.29) is 27.1 Å². The summed E-state index contributed by atoms with van der Waals surface area (Å²) in [7, 11) is -3.36. The van der Waals surface area contributed by atoms with E-state index in [9.17, 15) is 12.8 Å². The highest BCUT2D eigenvalue weighted by Crippen LogP contribution is 2.36. The van der Waals surface area contributed by atoms with Crippen LogP contribution in [-0.4, -0.2) is 14.7 Å². The lowest BCUT2D eigenvalue weighted by Crippen LogP contribution is -2.00. The lowest BCUT2D eigenvalue weighted by molar-refractivity contribution is 0.475. The minimum atomic E-state index is -3.36. The lowest BCUT2D eigenvalue weighted by atomic mass is 10.3. The van der Waals surface area contributed by atoms with Gasteiger partial charge >= 0.3 is 0 Å². The third kappa shape index (κ3) is 3.66. The molecule has 0 aliphatic carbocycles. The summed E-state index contributed by atoms with van der Waals surface area (Å²) in [4.78, 5) is 0.0775. The van der Waals surface area contributed by atoms with Crippen molar-refractivity contribution in [1.29, 1.82) is 0 Å². The average Bonchev–Trinajstić information content (AvgIpc) is 2.36. The van der Waals surface area contributed by atoms with Crippen LogP contribution in [0.2, 0.25) is 5.02 Å². The van der Waals surface area contributed by atoms with E-state index in [0.29, 0.717) is 4.47 Å². The van der Waals surface area contributed by atoms with Gasteiger partial charge in [-0.3, -0.25) is 0 Å². The number of rotatable bonds is 3. The fraction of sp³-hybridized carbons (Fsp3) is 0.0769. The summed E-state index contributed by atoms with van der Waals surface area (Å²) in [6.45, 7) is 0. The molecule has 0 fully saturated rings. The van der Waals surface area contributed by atoms with E-state index in [2.05, 4.69) is 15.9 Å². The first kappa shape index (κ1) is 16.1. The van der Waals surface area contributed by atoms with Gasteiger partial charge in [0.05, 0.1) is 20.1 Å². The fourth-order valence-electron chi connectivity index (χ4n) is 1.55. The molecule has 4 nitrogen and oxygen atoms in total. The largest absolute Gasteiger partial charge is 0.454 e. The molecule has 0 amide bonds. The van der Waals surface area contributed by atoms with E-state index in [1.54, 1.807) is 0 Å². The maximum atomic E-state index is 13.4. The standard InChI is InChI=1S/C13H10BrClFNO3S/c1-21(18,19)7-2-3-12(11(17)4-7)20-13-6-10(16)9(15)5-8(13)14/h2-6H,17H2,1H3. The van der Waals surface area contributed by atoms with Crippen LogP contribution in [0.1, 0.15) is 0 Å². The molecule has 0 heterocycles. The van der Waals surface area contributed by atoms with E-state index in [1.807, 2.05) is 0 Å². The van der Waals surface area contributed by atoms with Gasteiger partial charge in [-0.05, 0) is 40.2 Å². The molecule has 2 aromatic rings. The molecule has 0 saturated carbocycles. The summed E-state index contributed by atoms with van der Waals surface area (Å²) in [5.74, 6) is -0.248. The zero-order chi connectivity index (χ0) is 15.8. The van der Waals surface area contributed by atoms with Gasteiger partial charge in [0.15, 0.2) is 9.84 Å². The second-order valence-electron chi connectivity index (χ2n) is 4.27. The first-order chi connectivity index (χ1) is 9.68. The smallest absolute Gasteiger partial charge is 0.175 e. The summed E-state index contributed by atoms with van der Waals surface area (Å²) < 4.78 is 42.2. The second-order valence-corrected chi connectivity index (χ2v) is 7.55. The van der Waals surface area contributed by atoms with Crippen LogP contribution in [0.3, 0.4) is 0 Å². The summed E-state index contributed by atoms with van der Waals surface area (Å²) in [5, 5.41) is -0.0466. The topological polar surface area (TPSA) is 69.4 Å². The molecular formula is C13H10BrClFNO3S. The van der Waals surface area contributed by atoms with Crippen LogP contribution in [0, 0.1) is 5.82 Å². The number of nitrogens with two attached hydrogens (primary N) is 1. The molecule has 0 unspecified atom stereocenters. The van der Waals surface area contributed by atoms with Gasteiger partial charge in [0.2, 0.25) is 0 Å². The number of sulfone groups is 1. The van der Waals surface area contributed by atoms with E-state index in [1.165, 1.54) is 24.3 Å². The van der Waals surface area contributed by atoms with Crippen molar-refractivity contribution in [3.63, 3.8) is 0 Å². The van der Waals surface area contributed by atoms with Gasteiger partial charge in [0.25, 0.3) is 0 Å². The first-order valence-electron chi connectivity index (χ1n) is 5.60. The Morgan fingerprint density at radius 1 is 1.24 bits per heavy atom. The van der Waals surface area contributed by atoms with Gasteiger partial charge in [-0.1, -0.05) is 11.6 Å². The molecule has 0 saturated heterocycles. The predicted octanol–water partition coefficient (Wildman–Crippen LogP) is 4.02. The fourth-order valence-corrected chi connectivity index (χ4v) is 2.93. The molecule has 0 bridgehead atoms. The quantitative estimate of drug-likeness (QED) is 0.630. The number of hydrogen-bond acceptors (Lipinski definition) is 4. The molecule has 0 radical (unpaired) electrons. The average molecular weight is 395 g/mol. The van der Waals surface area contributed by atoms with Crippen molar-refractivity contribution in [3.8, 4) is 11.5 Å². The van der Waals surface area contributed by atoms with Crippen LogP contribution < -0.4 is 10.5 Å². The van der Waals surface area contributed by atoms with Crippen molar-refractivity contribution in [2.75, 3.05) is 12.0 Å². The molecule has 0 atom stereocenters. The number of halogens is 3. The maximum Gasteiger partial charge on any atom is 0.175 e. The van der Waals surface area contributed by atoms with Crippen LogP contribution in [0.4, 0.5) is 10.1 Å². The summed E-state index contributed by atoms with van der Waals surface area (Å²) in [6.07, 6.45) is 1.08. The SMILES string of the molecule is CS(=O)(=O)c1ccc(Oc2cc(F)c(Cl)cc2Br)c(N)c1. The molecule has 2 rings (SSSR count). The Kier molecular flexibility index (Phi) is 4.46. The molecule has 2 N–H and O–H groups in total. The normalized spacial score (nSPS) is 11.4. The highest BCUT2D eigenvalue weighted by Gasteiger charge is 2.13. The minimum absolute atomic E-state index is 0.0466. The zero-order valence-electron chi connectivity index (χ0n) is 10.7. The van der Waals surface area contributed by atoms with Gasteiger partial charge in [-0.2, -0.15) is 0 Å². The Morgan fingerprint density at radius 2 is 1.90 bits per heavy atom. The summed E-state index contributed by atoms with van der Waals surface area (Å²) >= 11 is 8.84. The van der Waals surface area contributed by atoms with Crippen LogP contribution in [0.5, 0.6) is 11.5 Å². The molecule has 2 aromatic carbocycles.